The summed E-state index contributed by atoms with van der Waals surface area (Å²) in [5.41, 5.74) is 0.930. The summed E-state index contributed by atoms with van der Waals surface area (Å²) in [6.45, 7) is 1.86. The zero-order chi connectivity index (χ0) is 14.5. The Morgan fingerprint density at radius 3 is 2.50 bits per heavy atom. The zero-order valence-corrected chi connectivity index (χ0v) is 11.0. The lowest BCUT2D eigenvalue weighted by molar-refractivity contribution is -0.137. The summed E-state index contributed by atoms with van der Waals surface area (Å²) in [4.78, 5) is 10.7. The number of ether oxygens (including phenoxy) is 1. The highest BCUT2D eigenvalue weighted by atomic mass is 19.1. The third-order valence-electron chi connectivity index (χ3n) is 2.96. The van der Waals surface area contributed by atoms with Crippen LogP contribution in [0.3, 0.4) is 0 Å². The zero-order valence-electron chi connectivity index (χ0n) is 11.0. The number of halogens is 1. The number of benzene rings is 2. The summed E-state index contributed by atoms with van der Waals surface area (Å²) in [6, 6.07) is 13.0. The first-order valence-corrected chi connectivity index (χ1v) is 6.30. The number of aliphatic carboxylic acids is 1. The second-order valence-electron chi connectivity index (χ2n) is 4.63. The molecule has 2 rings (SSSR count). The van der Waals surface area contributed by atoms with Gasteiger partial charge in [-0.15, -0.1) is 0 Å². The largest absolute Gasteiger partial charge is 0.481 e. The number of carboxylic acids is 1. The highest BCUT2D eigenvalue weighted by Gasteiger charge is 2.10. The average molecular weight is 274 g/mol. The van der Waals surface area contributed by atoms with Crippen molar-refractivity contribution in [3.8, 4) is 11.5 Å². The molecule has 0 saturated carbocycles. The smallest absolute Gasteiger partial charge is 0.303 e. The standard InChI is InChI=1S/C16H15FO3/c1-11(9-16(18)19)12-5-7-14(8-6-12)20-15-4-2-3-13(17)10-15/h2-8,10-11H,9H2,1H3,(H,18,19). The van der Waals surface area contributed by atoms with Gasteiger partial charge in [0.2, 0.25) is 0 Å². The summed E-state index contributed by atoms with van der Waals surface area (Å²) < 4.78 is 18.5. The fourth-order valence-corrected chi connectivity index (χ4v) is 1.91. The molecule has 1 unspecified atom stereocenters. The highest BCUT2D eigenvalue weighted by Crippen LogP contribution is 2.25. The van der Waals surface area contributed by atoms with Gasteiger partial charge in [0.25, 0.3) is 0 Å². The minimum atomic E-state index is -0.822. The van der Waals surface area contributed by atoms with Gasteiger partial charge in [0.05, 0.1) is 6.42 Å². The molecule has 0 fully saturated rings. The van der Waals surface area contributed by atoms with Crippen LogP contribution in [0.5, 0.6) is 11.5 Å². The molecule has 0 saturated heterocycles. The van der Waals surface area contributed by atoms with Gasteiger partial charge in [-0.25, -0.2) is 4.39 Å². The van der Waals surface area contributed by atoms with E-state index >= 15 is 0 Å². The Morgan fingerprint density at radius 1 is 1.20 bits per heavy atom. The second-order valence-corrected chi connectivity index (χ2v) is 4.63. The third-order valence-corrected chi connectivity index (χ3v) is 2.96. The van der Waals surface area contributed by atoms with Crippen molar-refractivity contribution in [2.45, 2.75) is 19.3 Å². The molecule has 0 aromatic heterocycles. The van der Waals surface area contributed by atoms with Gasteiger partial charge in [-0.2, -0.15) is 0 Å². The van der Waals surface area contributed by atoms with Crippen molar-refractivity contribution in [3.05, 3.63) is 59.9 Å². The first kappa shape index (κ1) is 14.1. The van der Waals surface area contributed by atoms with Gasteiger partial charge in [0.15, 0.2) is 0 Å². The number of carbonyl (C=O) groups is 1. The summed E-state index contributed by atoms with van der Waals surface area (Å²) in [5, 5.41) is 8.76. The Kier molecular flexibility index (Phi) is 4.35. The van der Waals surface area contributed by atoms with Gasteiger partial charge < -0.3 is 9.84 Å². The number of carboxylic acid groups (broad SMARTS) is 1. The van der Waals surface area contributed by atoms with E-state index in [-0.39, 0.29) is 18.2 Å². The molecule has 0 aliphatic carbocycles. The Balaban J connectivity index is 2.06. The fourth-order valence-electron chi connectivity index (χ4n) is 1.91. The van der Waals surface area contributed by atoms with Crippen LogP contribution in [0.25, 0.3) is 0 Å². The van der Waals surface area contributed by atoms with Crippen molar-refractivity contribution < 1.29 is 19.0 Å². The van der Waals surface area contributed by atoms with Crippen LogP contribution in [0.1, 0.15) is 24.8 Å². The molecule has 3 nitrogen and oxygen atoms in total. The molecule has 0 radical (unpaired) electrons. The fraction of sp³-hybridized carbons (Fsp3) is 0.188. The van der Waals surface area contributed by atoms with Crippen molar-refractivity contribution in [1.29, 1.82) is 0 Å². The molecule has 4 heteroatoms. The molecular weight excluding hydrogens is 259 g/mol. The summed E-state index contributed by atoms with van der Waals surface area (Å²) in [6.07, 6.45) is 0.0874. The molecule has 1 N–H and O–H groups in total. The van der Waals surface area contributed by atoms with Crippen LogP contribution in [0.4, 0.5) is 4.39 Å². The molecular formula is C16H15FO3. The predicted molar refractivity (Wildman–Crippen MR) is 73.6 cm³/mol. The van der Waals surface area contributed by atoms with Crippen molar-refractivity contribution in [2.75, 3.05) is 0 Å². The lowest BCUT2D eigenvalue weighted by Crippen LogP contribution is -2.02. The lowest BCUT2D eigenvalue weighted by Gasteiger charge is -2.10. The first-order chi connectivity index (χ1) is 9.54. The maximum Gasteiger partial charge on any atom is 0.303 e. The second kappa shape index (κ2) is 6.19. The third kappa shape index (κ3) is 3.82. The van der Waals surface area contributed by atoms with E-state index < -0.39 is 5.97 Å². The first-order valence-electron chi connectivity index (χ1n) is 6.30. The molecule has 104 valence electrons. The number of rotatable bonds is 5. The topological polar surface area (TPSA) is 46.5 Å². The SMILES string of the molecule is CC(CC(=O)O)c1ccc(Oc2cccc(F)c2)cc1. The van der Waals surface area contributed by atoms with Crippen LogP contribution in [-0.4, -0.2) is 11.1 Å². The van der Waals surface area contributed by atoms with Gasteiger partial charge >= 0.3 is 5.97 Å². The van der Waals surface area contributed by atoms with Crippen LogP contribution in [0, 0.1) is 5.82 Å². The van der Waals surface area contributed by atoms with Gasteiger partial charge in [0.1, 0.15) is 17.3 Å². The van der Waals surface area contributed by atoms with E-state index in [0.29, 0.717) is 11.5 Å². The van der Waals surface area contributed by atoms with Gasteiger partial charge in [-0.3, -0.25) is 4.79 Å². The van der Waals surface area contributed by atoms with E-state index in [1.807, 2.05) is 19.1 Å². The molecule has 2 aromatic carbocycles. The molecule has 0 amide bonds. The van der Waals surface area contributed by atoms with Crippen LogP contribution >= 0.6 is 0 Å². The molecule has 1 atom stereocenters. The van der Waals surface area contributed by atoms with Gasteiger partial charge in [-0.1, -0.05) is 25.1 Å². The summed E-state index contributed by atoms with van der Waals surface area (Å²) in [7, 11) is 0. The molecule has 20 heavy (non-hydrogen) atoms. The number of hydrogen-bond acceptors (Lipinski definition) is 2. The summed E-state index contributed by atoms with van der Waals surface area (Å²) in [5.74, 6) is -0.222. The van der Waals surface area contributed by atoms with Gasteiger partial charge in [0, 0.05) is 6.07 Å². The lowest BCUT2D eigenvalue weighted by atomic mass is 9.98. The minimum Gasteiger partial charge on any atom is -0.481 e. The minimum absolute atomic E-state index is 0.0595. The normalized spacial score (nSPS) is 11.9. The monoisotopic (exact) mass is 274 g/mol. The number of hydrogen-bond donors (Lipinski definition) is 1. The maximum absolute atomic E-state index is 13.0. The van der Waals surface area contributed by atoms with Crippen LogP contribution in [-0.2, 0) is 4.79 Å². The van der Waals surface area contributed by atoms with E-state index in [4.69, 9.17) is 9.84 Å². The summed E-state index contributed by atoms with van der Waals surface area (Å²) >= 11 is 0. The average Bonchev–Trinajstić information content (AvgIpc) is 2.38. The van der Waals surface area contributed by atoms with E-state index in [9.17, 15) is 9.18 Å². The van der Waals surface area contributed by atoms with Crippen LogP contribution < -0.4 is 4.74 Å². The Labute approximate surface area is 116 Å². The molecule has 0 bridgehead atoms. The maximum atomic E-state index is 13.0. The van der Waals surface area contributed by atoms with Crippen molar-refractivity contribution in [3.63, 3.8) is 0 Å². The molecule has 2 aromatic rings. The van der Waals surface area contributed by atoms with E-state index in [0.717, 1.165) is 5.56 Å². The van der Waals surface area contributed by atoms with E-state index in [1.54, 1.807) is 24.3 Å². The quantitative estimate of drug-likeness (QED) is 0.889. The molecule has 0 heterocycles. The van der Waals surface area contributed by atoms with Gasteiger partial charge in [-0.05, 0) is 35.7 Å². The van der Waals surface area contributed by atoms with Crippen LogP contribution in [0.15, 0.2) is 48.5 Å². The van der Waals surface area contributed by atoms with Crippen molar-refractivity contribution in [1.82, 2.24) is 0 Å². The Hall–Kier alpha value is -2.36. The Bertz CT molecular complexity index is 593. The Morgan fingerprint density at radius 2 is 1.90 bits per heavy atom. The van der Waals surface area contributed by atoms with Crippen LogP contribution in [0.2, 0.25) is 0 Å². The van der Waals surface area contributed by atoms with E-state index in [1.165, 1.54) is 12.1 Å². The van der Waals surface area contributed by atoms with Crippen molar-refractivity contribution in [2.24, 2.45) is 0 Å². The molecule has 0 aliphatic rings. The molecule has 0 spiro atoms. The predicted octanol–water partition coefficient (Wildman–Crippen LogP) is 4.20. The van der Waals surface area contributed by atoms with Crippen molar-refractivity contribution >= 4 is 5.97 Å². The highest BCUT2D eigenvalue weighted by molar-refractivity contribution is 5.68. The molecule has 0 aliphatic heterocycles. The van der Waals surface area contributed by atoms with E-state index in [2.05, 4.69) is 0 Å².